The highest BCUT2D eigenvalue weighted by Gasteiger charge is 2.08. The van der Waals surface area contributed by atoms with Crippen molar-refractivity contribution in [1.82, 2.24) is 14.8 Å². The zero-order chi connectivity index (χ0) is 14.5. The van der Waals surface area contributed by atoms with E-state index in [0.717, 1.165) is 5.16 Å². The fourth-order valence-corrected chi connectivity index (χ4v) is 2.35. The molecule has 1 aromatic heterocycles. The maximum atomic E-state index is 11.4. The van der Waals surface area contributed by atoms with Crippen molar-refractivity contribution in [2.75, 3.05) is 18.1 Å². The van der Waals surface area contributed by atoms with Gasteiger partial charge in [-0.25, -0.2) is 0 Å². The highest BCUT2D eigenvalue weighted by atomic mass is 32.2. The van der Waals surface area contributed by atoms with Gasteiger partial charge in [-0.15, -0.1) is 10.2 Å². The molecular formula is C13H16N4O2S. The van der Waals surface area contributed by atoms with Crippen LogP contribution in [0.1, 0.15) is 17.3 Å². The van der Waals surface area contributed by atoms with E-state index in [1.54, 1.807) is 16.7 Å². The van der Waals surface area contributed by atoms with Crippen LogP contribution in [0.5, 0.6) is 5.75 Å². The van der Waals surface area contributed by atoms with Gasteiger partial charge in [0.2, 0.25) is 5.95 Å². The van der Waals surface area contributed by atoms with Crippen LogP contribution in [0.4, 0.5) is 5.95 Å². The van der Waals surface area contributed by atoms with Gasteiger partial charge in [-0.05, 0) is 19.1 Å². The first-order valence-corrected chi connectivity index (χ1v) is 7.08. The lowest BCUT2D eigenvalue weighted by Crippen LogP contribution is -2.05. The van der Waals surface area contributed by atoms with E-state index in [9.17, 15) is 4.79 Å². The van der Waals surface area contributed by atoms with Crippen LogP contribution in [-0.4, -0.2) is 32.9 Å². The van der Waals surface area contributed by atoms with Gasteiger partial charge in [0.1, 0.15) is 5.75 Å². The van der Waals surface area contributed by atoms with Crippen molar-refractivity contribution in [2.45, 2.75) is 12.1 Å². The minimum atomic E-state index is -0.00525. The Bertz CT molecular complexity index is 612. The molecule has 0 unspecified atom stereocenters. The number of anilines is 1. The number of Topliss-reactive ketones (excluding diaryl/α,β-unsaturated/α-hetero) is 1. The Morgan fingerprint density at radius 2 is 2.15 bits per heavy atom. The van der Waals surface area contributed by atoms with E-state index in [1.165, 1.54) is 18.7 Å². The molecule has 6 nitrogen and oxygen atoms in total. The first kappa shape index (κ1) is 14.4. The standard InChI is InChI=1S/C13H16N4O2S/c1-9(18)10-5-3-4-6-11(10)19-7-8-20-13-16-15-12(14)17(13)2/h3-6H,7-8H2,1-2H3,(H2,14,15). The lowest BCUT2D eigenvalue weighted by Gasteiger charge is -2.09. The average molecular weight is 292 g/mol. The van der Waals surface area contributed by atoms with Crippen LogP contribution in [0.25, 0.3) is 0 Å². The number of nitrogen functional groups attached to an aromatic ring is 1. The van der Waals surface area contributed by atoms with Crippen LogP contribution in [-0.2, 0) is 7.05 Å². The molecule has 0 bridgehead atoms. The minimum Gasteiger partial charge on any atom is -0.492 e. The predicted molar refractivity (Wildman–Crippen MR) is 78.1 cm³/mol. The van der Waals surface area contributed by atoms with Crippen molar-refractivity contribution in [2.24, 2.45) is 7.05 Å². The number of carbonyl (C=O) groups is 1. The summed E-state index contributed by atoms with van der Waals surface area (Å²) < 4.78 is 7.35. The number of thioether (sulfide) groups is 1. The monoisotopic (exact) mass is 292 g/mol. The number of aromatic nitrogens is 3. The van der Waals surface area contributed by atoms with Gasteiger partial charge in [0, 0.05) is 12.8 Å². The van der Waals surface area contributed by atoms with Gasteiger partial charge in [-0.1, -0.05) is 23.9 Å². The van der Waals surface area contributed by atoms with Crippen molar-refractivity contribution in [3.05, 3.63) is 29.8 Å². The summed E-state index contributed by atoms with van der Waals surface area (Å²) >= 11 is 1.50. The highest BCUT2D eigenvalue weighted by molar-refractivity contribution is 7.99. The molecule has 7 heteroatoms. The molecule has 2 rings (SSSR count). The molecule has 0 saturated heterocycles. The second-order valence-corrected chi connectivity index (χ2v) is 5.21. The molecule has 0 fully saturated rings. The molecule has 0 amide bonds. The Balaban J connectivity index is 1.88. The second kappa shape index (κ2) is 6.42. The third-order valence-electron chi connectivity index (χ3n) is 2.71. The Hall–Kier alpha value is -2.02. The molecular weight excluding hydrogens is 276 g/mol. The van der Waals surface area contributed by atoms with E-state index in [1.807, 2.05) is 19.2 Å². The molecule has 0 atom stereocenters. The molecule has 2 N–H and O–H groups in total. The Morgan fingerprint density at radius 1 is 1.40 bits per heavy atom. The topological polar surface area (TPSA) is 83.0 Å². The van der Waals surface area contributed by atoms with Crippen LogP contribution in [0.3, 0.4) is 0 Å². The zero-order valence-electron chi connectivity index (χ0n) is 11.4. The van der Waals surface area contributed by atoms with E-state index >= 15 is 0 Å². The summed E-state index contributed by atoms with van der Waals surface area (Å²) in [6.07, 6.45) is 0. The number of carbonyl (C=O) groups excluding carboxylic acids is 1. The van der Waals surface area contributed by atoms with Gasteiger partial charge in [0.25, 0.3) is 0 Å². The molecule has 1 aromatic carbocycles. The molecule has 0 radical (unpaired) electrons. The Kier molecular flexibility index (Phi) is 4.62. The SMILES string of the molecule is CC(=O)c1ccccc1OCCSc1nnc(N)n1C. The summed E-state index contributed by atoms with van der Waals surface area (Å²) in [4.78, 5) is 11.4. The number of hydrogen-bond donors (Lipinski definition) is 1. The van der Waals surface area contributed by atoms with Crippen LogP contribution in [0.2, 0.25) is 0 Å². The van der Waals surface area contributed by atoms with Crippen molar-refractivity contribution >= 4 is 23.5 Å². The van der Waals surface area contributed by atoms with Crippen molar-refractivity contribution < 1.29 is 9.53 Å². The van der Waals surface area contributed by atoms with Crippen molar-refractivity contribution in [3.63, 3.8) is 0 Å². The third-order valence-corrected chi connectivity index (χ3v) is 3.69. The van der Waals surface area contributed by atoms with Crippen LogP contribution >= 0.6 is 11.8 Å². The number of benzene rings is 1. The van der Waals surface area contributed by atoms with Crippen LogP contribution in [0.15, 0.2) is 29.4 Å². The average Bonchev–Trinajstić information content (AvgIpc) is 2.75. The molecule has 0 aliphatic heterocycles. The van der Waals surface area contributed by atoms with E-state index in [0.29, 0.717) is 29.6 Å². The first-order valence-electron chi connectivity index (χ1n) is 6.10. The summed E-state index contributed by atoms with van der Waals surface area (Å²) in [7, 11) is 1.81. The van der Waals surface area contributed by atoms with Gasteiger partial charge in [-0.3, -0.25) is 9.36 Å². The Labute approximate surface area is 121 Å². The number of para-hydroxylation sites is 1. The number of nitrogens with zero attached hydrogens (tertiary/aromatic N) is 3. The number of ether oxygens (including phenoxy) is 1. The van der Waals surface area contributed by atoms with Gasteiger partial charge in [0.05, 0.1) is 12.2 Å². The maximum Gasteiger partial charge on any atom is 0.222 e. The molecule has 1 heterocycles. The molecule has 106 valence electrons. The summed E-state index contributed by atoms with van der Waals surface area (Å²) in [6, 6.07) is 7.22. The lowest BCUT2D eigenvalue weighted by atomic mass is 10.1. The smallest absolute Gasteiger partial charge is 0.222 e. The van der Waals surface area contributed by atoms with Gasteiger partial charge >= 0.3 is 0 Å². The largest absolute Gasteiger partial charge is 0.492 e. The molecule has 0 saturated carbocycles. The summed E-state index contributed by atoms with van der Waals surface area (Å²) in [5.41, 5.74) is 6.19. The van der Waals surface area contributed by atoms with E-state index in [2.05, 4.69) is 10.2 Å². The first-order chi connectivity index (χ1) is 9.59. The van der Waals surface area contributed by atoms with Crippen molar-refractivity contribution in [3.8, 4) is 5.75 Å². The maximum absolute atomic E-state index is 11.4. The summed E-state index contributed by atoms with van der Waals surface area (Å²) in [6.45, 7) is 2.00. The zero-order valence-corrected chi connectivity index (χ0v) is 12.2. The van der Waals surface area contributed by atoms with E-state index in [-0.39, 0.29) is 5.78 Å². The quantitative estimate of drug-likeness (QED) is 0.496. The predicted octanol–water partition coefficient (Wildman–Crippen LogP) is 1.77. The third kappa shape index (κ3) is 3.30. The van der Waals surface area contributed by atoms with Crippen LogP contribution in [0, 0.1) is 0 Å². The molecule has 0 aliphatic rings. The fourth-order valence-electron chi connectivity index (χ4n) is 1.62. The van der Waals surface area contributed by atoms with Gasteiger partial charge < -0.3 is 10.5 Å². The lowest BCUT2D eigenvalue weighted by molar-refractivity contribution is 0.101. The molecule has 20 heavy (non-hydrogen) atoms. The van der Waals surface area contributed by atoms with E-state index < -0.39 is 0 Å². The molecule has 2 aromatic rings. The number of nitrogens with two attached hydrogens (primary N) is 1. The molecule has 0 aliphatic carbocycles. The van der Waals surface area contributed by atoms with Gasteiger partial charge in [0.15, 0.2) is 10.9 Å². The fraction of sp³-hybridized carbons (Fsp3) is 0.308. The highest BCUT2D eigenvalue weighted by Crippen LogP contribution is 2.20. The molecule has 0 spiro atoms. The summed E-state index contributed by atoms with van der Waals surface area (Å²) in [5, 5.41) is 8.46. The van der Waals surface area contributed by atoms with Crippen LogP contribution < -0.4 is 10.5 Å². The van der Waals surface area contributed by atoms with E-state index in [4.69, 9.17) is 10.5 Å². The van der Waals surface area contributed by atoms with Gasteiger partial charge in [-0.2, -0.15) is 0 Å². The number of hydrogen-bond acceptors (Lipinski definition) is 6. The second-order valence-electron chi connectivity index (χ2n) is 4.15. The number of rotatable bonds is 6. The van der Waals surface area contributed by atoms with Crippen molar-refractivity contribution in [1.29, 1.82) is 0 Å². The minimum absolute atomic E-state index is 0.00525. The summed E-state index contributed by atoms with van der Waals surface area (Å²) in [5.74, 6) is 1.68. The Morgan fingerprint density at radius 3 is 2.80 bits per heavy atom. The number of ketones is 1. The normalized spacial score (nSPS) is 10.5.